The summed E-state index contributed by atoms with van der Waals surface area (Å²) < 4.78 is 0. The fourth-order valence-electron chi connectivity index (χ4n) is 2.10. The average molecular weight is 168 g/mol. The number of nitrogens with two attached hydrogens (primary N) is 1. The van der Waals surface area contributed by atoms with Gasteiger partial charge in [0.2, 0.25) is 0 Å². The second-order valence-electron chi connectivity index (χ2n) is 4.00. The lowest BCUT2D eigenvalue weighted by atomic mass is 9.96. The van der Waals surface area contributed by atoms with E-state index in [1.807, 2.05) is 6.08 Å². The molecular weight excluding hydrogens is 148 g/mol. The van der Waals surface area contributed by atoms with Crippen molar-refractivity contribution in [3.8, 4) is 0 Å². The van der Waals surface area contributed by atoms with E-state index in [0.717, 1.165) is 19.0 Å². The summed E-state index contributed by atoms with van der Waals surface area (Å²) in [5.74, 6) is 0.825. The van der Waals surface area contributed by atoms with E-state index in [1.165, 1.54) is 19.3 Å². The highest BCUT2D eigenvalue weighted by Crippen LogP contribution is 2.33. The summed E-state index contributed by atoms with van der Waals surface area (Å²) in [5.41, 5.74) is 5.99. The van der Waals surface area contributed by atoms with Crippen LogP contribution in [-0.4, -0.2) is 18.6 Å². The third-order valence-electron chi connectivity index (χ3n) is 2.87. The van der Waals surface area contributed by atoms with Crippen LogP contribution in [0.1, 0.15) is 26.2 Å². The molecule has 0 aromatic rings. The lowest BCUT2D eigenvalue weighted by Gasteiger charge is -2.28. The van der Waals surface area contributed by atoms with E-state index in [1.54, 1.807) is 0 Å². The Hall–Kier alpha value is -0.340. The zero-order chi connectivity index (χ0) is 9.03. The molecule has 0 saturated heterocycles. The zero-order valence-electron chi connectivity index (χ0n) is 7.97. The predicted octanol–water partition coefficient (Wildman–Crippen LogP) is 1.28. The number of hydrogen-bond acceptors (Lipinski definition) is 2. The predicted molar refractivity (Wildman–Crippen MR) is 53.0 cm³/mol. The molecule has 1 saturated carbocycles. The van der Waals surface area contributed by atoms with Gasteiger partial charge in [-0.15, -0.1) is 6.58 Å². The molecule has 1 aliphatic carbocycles. The maximum absolute atomic E-state index is 5.77. The van der Waals surface area contributed by atoms with Crippen molar-refractivity contribution >= 4 is 0 Å². The average Bonchev–Trinajstić information content (AvgIpc) is 2.45. The van der Waals surface area contributed by atoms with Gasteiger partial charge in [0, 0.05) is 18.6 Å². The number of nitrogens with one attached hydrogen (secondary N) is 1. The van der Waals surface area contributed by atoms with E-state index in [4.69, 9.17) is 5.73 Å². The number of hydrogen-bond donors (Lipinski definition) is 2. The van der Waals surface area contributed by atoms with Gasteiger partial charge in [-0.2, -0.15) is 0 Å². The van der Waals surface area contributed by atoms with Crippen molar-refractivity contribution in [2.75, 3.05) is 13.1 Å². The molecule has 12 heavy (non-hydrogen) atoms. The monoisotopic (exact) mass is 168 g/mol. The molecule has 0 amide bonds. The standard InChI is InChI=1S/C10H20N2/c1-3-6-12-10(8-11)5-4-9(2)7-10/h3,9,12H,1,4-8,11H2,2H3. The molecule has 2 unspecified atom stereocenters. The van der Waals surface area contributed by atoms with Gasteiger partial charge in [-0.25, -0.2) is 0 Å². The van der Waals surface area contributed by atoms with Crippen LogP contribution in [0.3, 0.4) is 0 Å². The SMILES string of the molecule is C=CCNC1(CN)CCC(C)C1. The van der Waals surface area contributed by atoms with E-state index >= 15 is 0 Å². The van der Waals surface area contributed by atoms with Crippen LogP contribution in [0.5, 0.6) is 0 Å². The summed E-state index contributed by atoms with van der Waals surface area (Å²) in [6, 6.07) is 0. The zero-order valence-corrected chi connectivity index (χ0v) is 7.97. The quantitative estimate of drug-likeness (QED) is 0.621. The van der Waals surface area contributed by atoms with Crippen LogP contribution in [0.15, 0.2) is 12.7 Å². The van der Waals surface area contributed by atoms with E-state index < -0.39 is 0 Å². The lowest BCUT2D eigenvalue weighted by Crippen LogP contribution is -2.49. The molecule has 70 valence electrons. The van der Waals surface area contributed by atoms with Crippen molar-refractivity contribution in [1.82, 2.24) is 5.32 Å². The number of rotatable bonds is 4. The van der Waals surface area contributed by atoms with Gasteiger partial charge >= 0.3 is 0 Å². The van der Waals surface area contributed by atoms with Crippen LogP contribution in [0.2, 0.25) is 0 Å². The van der Waals surface area contributed by atoms with E-state index in [9.17, 15) is 0 Å². The Morgan fingerprint density at radius 3 is 2.92 bits per heavy atom. The van der Waals surface area contributed by atoms with Gasteiger partial charge in [-0.1, -0.05) is 13.0 Å². The molecule has 0 aliphatic heterocycles. The summed E-state index contributed by atoms with van der Waals surface area (Å²) in [6.07, 6.45) is 5.65. The molecule has 1 rings (SSSR count). The van der Waals surface area contributed by atoms with Crippen LogP contribution in [0.4, 0.5) is 0 Å². The van der Waals surface area contributed by atoms with Crippen molar-refractivity contribution in [2.24, 2.45) is 11.7 Å². The second kappa shape index (κ2) is 4.06. The van der Waals surface area contributed by atoms with Crippen molar-refractivity contribution in [2.45, 2.75) is 31.7 Å². The van der Waals surface area contributed by atoms with Gasteiger partial charge in [0.05, 0.1) is 0 Å². The van der Waals surface area contributed by atoms with Crippen LogP contribution in [0.25, 0.3) is 0 Å². The van der Waals surface area contributed by atoms with Crippen LogP contribution in [0, 0.1) is 5.92 Å². The molecule has 2 heteroatoms. The topological polar surface area (TPSA) is 38.0 Å². The van der Waals surface area contributed by atoms with Gasteiger partial charge < -0.3 is 11.1 Å². The van der Waals surface area contributed by atoms with E-state index in [0.29, 0.717) is 0 Å². The Balaban J connectivity index is 2.46. The summed E-state index contributed by atoms with van der Waals surface area (Å²) >= 11 is 0. The highest BCUT2D eigenvalue weighted by atomic mass is 15.0. The first-order valence-electron chi connectivity index (χ1n) is 4.78. The molecule has 2 nitrogen and oxygen atoms in total. The molecule has 0 aromatic carbocycles. The van der Waals surface area contributed by atoms with Crippen molar-refractivity contribution in [3.63, 3.8) is 0 Å². The Kier molecular flexibility index (Phi) is 3.29. The molecule has 0 radical (unpaired) electrons. The Morgan fingerprint density at radius 2 is 2.50 bits per heavy atom. The van der Waals surface area contributed by atoms with Crippen molar-refractivity contribution in [3.05, 3.63) is 12.7 Å². The largest absolute Gasteiger partial charge is 0.329 e. The molecule has 0 bridgehead atoms. The van der Waals surface area contributed by atoms with Crippen molar-refractivity contribution in [1.29, 1.82) is 0 Å². The third-order valence-corrected chi connectivity index (χ3v) is 2.87. The van der Waals surface area contributed by atoms with E-state index in [2.05, 4.69) is 18.8 Å². The minimum Gasteiger partial charge on any atom is -0.329 e. The highest BCUT2D eigenvalue weighted by molar-refractivity contribution is 4.97. The third kappa shape index (κ3) is 2.08. The smallest absolute Gasteiger partial charge is 0.0309 e. The van der Waals surface area contributed by atoms with Gasteiger partial charge in [0.25, 0.3) is 0 Å². The molecule has 1 fully saturated rings. The molecule has 0 spiro atoms. The molecule has 1 aliphatic rings. The van der Waals surface area contributed by atoms with Crippen LogP contribution < -0.4 is 11.1 Å². The molecule has 0 heterocycles. The second-order valence-corrected chi connectivity index (χ2v) is 4.00. The Morgan fingerprint density at radius 1 is 1.75 bits per heavy atom. The Bertz CT molecular complexity index is 156. The maximum atomic E-state index is 5.77. The minimum absolute atomic E-state index is 0.216. The fourth-order valence-corrected chi connectivity index (χ4v) is 2.10. The summed E-state index contributed by atoms with van der Waals surface area (Å²) in [7, 11) is 0. The highest BCUT2D eigenvalue weighted by Gasteiger charge is 2.35. The fraction of sp³-hybridized carbons (Fsp3) is 0.800. The van der Waals surface area contributed by atoms with Gasteiger partial charge in [0.15, 0.2) is 0 Å². The van der Waals surface area contributed by atoms with Crippen molar-refractivity contribution < 1.29 is 0 Å². The molecular formula is C10H20N2. The normalized spacial score (nSPS) is 35.3. The van der Waals surface area contributed by atoms with Gasteiger partial charge in [0.1, 0.15) is 0 Å². The maximum Gasteiger partial charge on any atom is 0.0309 e. The summed E-state index contributed by atoms with van der Waals surface area (Å²) in [6.45, 7) is 7.64. The first kappa shape index (κ1) is 9.75. The molecule has 2 atom stereocenters. The van der Waals surface area contributed by atoms with Gasteiger partial charge in [-0.05, 0) is 25.2 Å². The van der Waals surface area contributed by atoms with Crippen LogP contribution >= 0.6 is 0 Å². The van der Waals surface area contributed by atoms with Gasteiger partial charge in [-0.3, -0.25) is 0 Å². The minimum atomic E-state index is 0.216. The first-order chi connectivity index (χ1) is 5.72. The molecule has 3 N–H and O–H groups in total. The first-order valence-corrected chi connectivity index (χ1v) is 4.78. The summed E-state index contributed by atoms with van der Waals surface area (Å²) in [5, 5.41) is 3.48. The lowest BCUT2D eigenvalue weighted by molar-refractivity contribution is 0.345. The van der Waals surface area contributed by atoms with E-state index in [-0.39, 0.29) is 5.54 Å². The Labute approximate surface area is 75.2 Å². The van der Waals surface area contributed by atoms with Crippen LogP contribution in [-0.2, 0) is 0 Å². The summed E-state index contributed by atoms with van der Waals surface area (Å²) in [4.78, 5) is 0. The molecule has 0 aromatic heterocycles.